The Morgan fingerprint density at radius 2 is 1.83 bits per heavy atom. The van der Waals surface area contributed by atoms with Crippen molar-refractivity contribution in [1.29, 1.82) is 0 Å². The number of carbonyl (C=O) groups excluding carboxylic acids is 1. The van der Waals surface area contributed by atoms with Crippen molar-refractivity contribution in [3.8, 4) is 0 Å². The van der Waals surface area contributed by atoms with Crippen LogP contribution in [0.2, 0.25) is 5.02 Å². The molecule has 0 aliphatic rings. The van der Waals surface area contributed by atoms with Gasteiger partial charge in [0, 0.05) is 17.3 Å². The smallest absolute Gasteiger partial charge is 0.262 e. The number of para-hydroxylation sites is 1. The molecule has 1 N–H and O–H groups in total. The Kier molecular flexibility index (Phi) is 7.56. The third-order valence-corrected chi connectivity index (χ3v) is 6.14. The summed E-state index contributed by atoms with van der Waals surface area (Å²) in [5.41, 5.74) is 3.58. The van der Waals surface area contributed by atoms with Crippen molar-refractivity contribution in [3.63, 3.8) is 0 Å². The van der Waals surface area contributed by atoms with Crippen LogP contribution in [0.4, 0.5) is 5.69 Å². The van der Waals surface area contributed by atoms with Crippen molar-refractivity contribution in [1.82, 2.24) is 9.55 Å². The molecule has 0 atom stereocenters. The fourth-order valence-corrected chi connectivity index (χ4v) is 4.41. The van der Waals surface area contributed by atoms with Gasteiger partial charge in [0.15, 0.2) is 5.16 Å². The van der Waals surface area contributed by atoms with Crippen molar-refractivity contribution in [3.05, 3.63) is 62.9 Å². The maximum absolute atomic E-state index is 12.9. The lowest BCUT2D eigenvalue weighted by Crippen LogP contribution is -2.24. The van der Waals surface area contributed by atoms with Crippen LogP contribution >= 0.6 is 23.4 Å². The zero-order chi connectivity index (χ0) is 21.7. The van der Waals surface area contributed by atoms with E-state index in [-0.39, 0.29) is 17.2 Å². The van der Waals surface area contributed by atoms with E-state index in [1.54, 1.807) is 22.8 Å². The molecule has 0 saturated carbocycles. The molecule has 0 bridgehead atoms. The zero-order valence-corrected chi connectivity index (χ0v) is 19.1. The fraction of sp³-hybridized carbons (Fsp3) is 0.348. The monoisotopic (exact) mass is 443 g/mol. The second-order valence-electron chi connectivity index (χ2n) is 7.01. The van der Waals surface area contributed by atoms with E-state index in [0.29, 0.717) is 27.6 Å². The first kappa shape index (κ1) is 22.4. The van der Waals surface area contributed by atoms with Crippen LogP contribution in [0, 0.1) is 0 Å². The van der Waals surface area contributed by atoms with Gasteiger partial charge < -0.3 is 5.32 Å². The van der Waals surface area contributed by atoms with Gasteiger partial charge in [-0.1, -0.05) is 62.3 Å². The lowest BCUT2D eigenvalue weighted by atomic mass is 10.0. The van der Waals surface area contributed by atoms with Crippen molar-refractivity contribution in [2.24, 2.45) is 0 Å². The van der Waals surface area contributed by atoms with Gasteiger partial charge in [-0.05, 0) is 48.6 Å². The van der Waals surface area contributed by atoms with E-state index < -0.39 is 0 Å². The molecule has 7 heteroatoms. The summed E-state index contributed by atoms with van der Waals surface area (Å²) in [6.07, 6.45) is 2.49. The van der Waals surface area contributed by atoms with Crippen LogP contribution in [-0.2, 0) is 24.2 Å². The van der Waals surface area contributed by atoms with E-state index in [2.05, 4.69) is 24.1 Å². The molecular formula is C23H26ClN3O2S. The highest BCUT2D eigenvalue weighted by atomic mass is 35.5. The molecule has 0 unspecified atom stereocenters. The highest BCUT2D eigenvalue weighted by Gasteiger charge is 2.15. The van der Waals surface area contributed by atoms with Crippen LogP contribution in [-0.4, -0.2) is 21.2 Å². The molecule has 0 fully saturated rings. The van der Waals surface area contributed by atoms with Crippen LogP contribution in [0.25, 0.3) is 10.9 Å². The molecule has 158 valence electrons. The molecular weight excluding hydrogens is 418 g/mol. The predicted molar refractivity (Wildman–Crippen MR) is 126 cm³/mol. The third kappa shape index (κ3) is 4.87. The first-order chi connectivity index (χ1) is 14.5. The number of benzene rings is 2. The lowest BCUT2D eigenvalue weighted by Gasteiger charge is -2.15. The van der Waals surface area contributed by atoms with Crippen LogP contribution in [0.3, 0.4) is 0 Å². The number of nitrogens with zero attached hydrogens (tertiary/aromatic N) is 2. The molecule has 0 radical (unpaired) electrons. The lowest BCUT2D eigenvalue weighted by molar-refractivity contribution is -0.113. The Bertz CT molecular complexity index is 1110. The van der Waals surface area contributed by atoms with Crippen LogP contribution < -0.4 is 10.9 Å². The number of aryl methyl sites for hydroxylation is 2. The van der Waals surface area contributed by atoms with E-state index in [1.165, 1.54) is 11.8 Å². The average Bonchev–Trinajstić information content (AvgIpc) is 2.74. The Labute approximate surface area is 185 Å². The number of fused-ring (bicyclic) bond motifs is 1. The molecule has 0 saturated heterocycles. The summed E-state index contributed by atoms with van der Waals surface area (Å²) in [6, 6.07) is 11.2. The minimum atomic E-state index is -0.112. The quantitative estimate of drug-likeness (QED) is 0.378. The molecule has 3 aromatic rings. The number of amides is 1. The van der Waals surface area contributed by atoms with Gasteiger partial charge in [-0.3, -0.25) is 14.2 Å². The summed E-state index contributed by atoms with van der Waals surface area (Å²) in [4.78, 5) is 30.3. The number of thioether (sulfide) groups is 1. The number of aromatic nitrogens is 2. The molecule has 5 nitrogen and oxygen atoms in total. The minimum absolute atomic E-state index is 0.106. The fourth-order valence-electron chi connectivity index (χ4n) is 3.41. The van der Waals surface area contributed by atoms with Crippen LogP contribution in [0.1, 0.15) is 38.3 Å². The number of rotatable bonds is 8. The zero-order valence-electron chi connectivity index (χ0n) is 17.5. The number of carbonyl (C=O) groups is 1. The SMILES string of the molecule is CCCn1c(SCC(=O)Nc2c(CC)cccc2CC)nc2cc(Cl)ccc2c1=O. The minimum Gasteiger partial charge on any atom is -0.325 e. The van der Waals surface area contributed by atoms with Gasteiger partial charge in [-0.15, -0.1) is 0 Å². The molecule has 1 amide bonds. The van der Waals surface area contributed by atoms with E-state index >= 15 is 0 Å². The van der Waals surface area contributed by atoms with Gasteiger partial charge in [0.25, 0.3) is 5.56 Å². The number of anilines is 1. The van der Waals surface area contributed by atoms with Crippen LogP contribution in [0.5, 0.6) is 0 Å². The first-order valence-electron chi connectivity index (χ1n) is 10.2. The number of halogens is 1. The topological polar surface area (TPSA) is 64.0 Å². The highest BCUT2D eigenvalue weighted by molar-refractivity contribution is 7.99. The largest absolute Gasteiger partial charge is 0.325 e. The first-order valence-corrected chi connectivity index (χ1v) is 11.6. The molecule has 30 heavy (non-hydrogen) atoms. The van der Waals surface area contributed by atoms with Gasteiger partial charge in [0.2, 0.25) is 5.91 Å². The molecule has 0 aliphatic heterocycles. The highest BCUT2D eigenvalue weighted by Crippen LogP contribution is 2.24. The van der Waals surface area contributed by atoms with E-state index in [9.17, 15) is 9.59 Å². The molecule has 2 aromatic carbocycles. The third-order valence-electron chi connectivity index (χ3n) is 4.93. The molecule has 1 aromatic heterocycles. The van der Waals surface area contributed by atoms with E-state index in [4.69, 9.17) is 11.6 Å². The summed E-state index contributed by atoms with van der Waals surface area (Å²) < 4.78 is 1.64. The van der Waals surface area contributed by atoms with Crippen molar-refractivity contribution in [2.75, 3.05) is 11.1 Å². The van der Waals surface area contributed by atoms with Crippen LogP contribution in [0.15, 0.2) is 46.3 Å². The number of hydrogen-bond acceptors (Lipinski definition) is 4. The van der Waals surface area contributed by atoms with Gasteiger partial charge in [0.1, 0.15) is 0 Å². The summed E-state index contributed by atoms with van der Waals surface area (Å²) in [5.74, 6) is 0.0581. The molecule has 0 aliphatic carbocycles. The normalized spacial score (nSPS) is 11.1. The Balaban J connectivity index is 1.86. The Morgan fingerprint density at radius 1 is 1.13 bits per heavy atom. The predicted octanol–water partition coefficient (Wildman–Crippen LogP) is 5.32. The van der Waals surface area contributed by atoms with Gasteiger partial charge >= 0.3 is 0 Å². The Morgan fingerprint density at radius 3 is 2.47 bits per heavy atom. The number of hydrogen-bond donors (Lipinski definition) is 1. The molecule has 0 spiro atoms. The second kappa shape index (κ2) is 10.1. The van der Waals surface area contributed by atoms with Crippen molar-refractivity contribution in [2.45, 2.75) is 51.7 Å². The maximum Gasteiger partial charge on any atom is 0.262 e. The van der Waals surface area contributed by atoms with E-state index in [0.717, 1.165) is 36.1 Å². The van der Waals surface area contributed by atoms with E-state index in [1.807, 2.05) is 25.1 Å². The number of nitrogens with one attached hydrogen (secondary N) is 1. The van der Waals surface area contributed by atoms with Crippen molar-refractivity contribution < 1.29 is 4.79 Å². The molecule has 1 heterocycles. The average molecular weight is 444 g/mol. The second-order valence-corrected chi connectivity index (χ2v) is 8.39. The Hall–Kier alpha value is -2.31. The van der Waals surface area contributed by atoms with Gasteiger partial charge in [0.05, 0.1) is 16.7 Å². The van der Waals surface area contributed by atoms with Gasteiger partial charge in [-0.25, -0.2) is 4.98 Å². The molecule has 3 rings (SSSR count). The summed E-state index contributed by atoms with van der Waals surface area (Å²) in [7, 11) is 0. The summed E-state index contributed by atoms with van der Waals surface area (Å²) in [5, 5.41) is 4.66. The van der Waals surface area contributed by atoms with Crippen molar-refractivity contribution >= 4 is 45.9 Å². The summed E-state index contributed by atoms with van der Waals surface area (Å²) >= 11 is 7.35. The standard InChI is InChI=1S/C23H26ClN3O2S/c1-4-12-27-22(29)18-11-10-17(24)13-19(18)25-23(27)30-14-20(28)26-21-15(5-2)8-7-9-16(21)6-3/h7-11,13H,4-6,12,14H2,1-3H3,(H,26,28). The maximum atomic E-state index is 12.9. The summed E-state index contributed by atoms with van der Waals surface area (Å²) in [6.45, 7) is 6.71. The van der Waals surface area contributed by atoms with Gasteiger partial charge in [-0.2, -0.15) is 0 Å².